The zero-order valence-corrected chi connectivity index (χ0v) is 11.3. The molecular formula is C15H15N3O3. The van der Waals surface area contributed by atoms with Crippen LogP contribution in [0.1, 0.15) is 12.8 Å². The molecule has 0 bridgehead atoms. The summed E-state index contributed by atoms with van der Waals surface area (Å²) in [6.45, 7) is 0.462. The van der Waals surface area contributed by atoms with E-state index in [1.54, 1.807) is 6.20 Å². The lowest BCUT2D eigenvalue weighted by molar-refractivity contribution is -0.141. The molecule has 1 atom stereocenters. The number of anilines is 1. The topological polar surface area (TPSA) is 82.5 Å². The van der Waals surface area contributed by atoms with E-state index in [0.717, 1.165) is 10.9 Å². The molecular weight excluding hydrogens is 270 g/mol. The van der Waals surface area contributed by atoms with Crippen LogP contribution in [0.2, 0.25) is 0 Å². The zero-order valence-electron chi connectivity index (χ0n) is 11.3. The van der Waals surface area contributed by atoms with Gasteiger partial charge < -0.3 is 15.3 Å². The molecule has 1 unspecified atom stereocenters. The lowest BCUT2D eigenvalue weighted by Crippen LogP contribution is -2.42. The molecule has 1 saturated heterocycles. The fourth-order valence-corrected chi connectivity index (χ4v) is 2.60. The quantitative estimate of drug-likeness (QED) is 0.887. The number of benzene rings is 1. The third-order valence-corrected chi connectivity index (χ3v) is 3.64. The summed E-state index contributed by atoms with van der Waals surface area (Å²) in [6.07, 6.45) is 2.78. The third-order valence-electron chi connectivity index (χ3n) is 3.64. The van der Waals surface area contributed by atoms with Gasteiger partial charge in [0.05, 0.1) is 17.4 Å². The maximum absolute atomic E-state index is 12.2. The van der Waals surface area contributed by atoms with E-state index in [1.807, 2.05) is 30.3 Å². The Morgan fingerprint density at radius 2 is 2.14 bits per heavy atom. The predicted molar refractivity (Wildman–Crippen MR) is 78.1 cm³/mol. The van der Waals surface area contributed by atoms with E-state index < -0.39 is 18.0 Å². The first-order chi connectivity index (χ1) is 10.1. The van der Waals surface area contributed by atoms with E-state index in [-0.39, 0.29) is 0 Å². The number of amides is 2. The van der Waals surface area contributed by atoms with Crippen molar-refractivity contribution in [1.82, 2.24) is 9.88 Å². The highest BCUT2D eigenvalue weighted by Crippen LogP contribution is 2.20. The minimum Gasteiger partial charge on any atom is -0.480 e. The Hall–Kier alpha value is -2.63. The van der Waals surface area contributed by atoms with Gasteiger partial charge in [-0.1, -0.05) is 18.2 Å². The lowest BCUT2D eigenvalue weighted by Gasteiger charge is -2.21. The average Bonchev–Trinajstić information content (AvgIpc) is 2.97. The second-order valence-electron chi connectivity index (χ2n) is 5.04. The fourth-order valence-electron chi connectivity index (χ4n) is 2.60. The van der Waals surface area contributed by atoms with Gasteiger partial charge in [0, 0.05) is 11.9 Å². The van der Waals surface area contributed by atoms with Gasteiger partial charge in [0.1, 0.15) is 6.04 Å². The van der Waals surface area contributed by atoms with Crippen molar-refractivity contribution < 1.29 is 14.7 Å². The molecule has 2 aromatic rings. The Labute approximate surface area is 121 Å². The zero-order chi connectivity index (χ0) is 14.8. The Kier molecular flexibility index (Phi) is 3.43. The summed E-state index contributed by atoms with van der Waals surface area (Å²) in [4.78, 5) is 28.9. The number of urea groups is 1. The molecule has 6 heteroatoms. The first-order valence-electron chi connectivity index (χ1n) is 6.80. The number of aromatic nitrogens is 1. The van der Waals surface area contributed by atoms with E-state index in [1.165, 1.54) is 4.90 Å². The van der Waals surface area contributed by atoms with Crippen LogP contribution in [0.25, 0.3) is 10.9 Å². The van der Waals surface area contributed by atoms with Crippen LogP contribution >= 0.6 is 0 Å². The number of nitrogens with one attached hydrogen (secondary N) is 1. The van der Waals surface area contributed by atoms with Crippen molar-refractivity contribution in [2.45, 2.75) is 18.9 Å². The van der Waals surface area contributed by atoms with Crippen molar-refractivity contribution >= 4 is 28.6 Å². The Bertz CT molecular complexity index is 701. The largest absolute Gasteiger partial charge is 0.480 e. The average molecular weight is 285 g/mol. The molecule has 21 heavy (non-hydrogen) atoms. The number of likely N-dealkylation sites (tertiary alicyclic amines) is 1. The van der Waals surface area contributed by atoms with Gasteiger partial charge in [-0.2, -0.15) is 0 Å². The number of hydrogen-bond donors (Lipinski definition) is 2. The molecule has 0 spiro atoms. The summed E-state index contributed by atoms with van der Waals surface area (Å²) in [6, 6.07) is 8.30. The predicted octanol–water partition coefficient (Wildman–Crippen LogP) is 2.32. The number of carbonyl (C=O) groups is 2. The van der Waals surface area contributed by atoms with Gasteiger partial charge >= 0.3 is 12.0 Å². The summed E-state index contributed by atoms with van der Waals surface area (Å²) in [5, 5.41) is 12.8. The highest BCUT2D eigenvalue weighted by molar-refractivity contribution is 5.94. The van der Waals surface area contributed by atoms with Crippen LogP contribution in [0.15, 0.2) is 36.5 Å². The number of pyridine rings is 1. The summed E-state index contributed by atoms with van der Waals surface area (Å²) in [5.74, 6) is -0.959. The number of hydrogen-bond acceptors (Lipinski definition) is 3. The maximum Gasteiger partial charge on any atom is 0.326 e. The van der Waals surface area contributed by atoms with Gasteiger partial charge in [0.15, 0.2) is 0 Å². The van der Waals surface area contributed by atoms with Crippen LogP contribution in [0, 0.1) is 0 Å². The lowest BCUT2D eigenvalue weighted by atomic mass is 10.2. The Balaban J connectivity index is 1.78. The molecule has 1 aliphatic heterocycles. The van der Waals surface area contributed by atoms with Crippen LogP contribution in [-0.2, 0) is 4.79 Å². The standard InChI is InChI=1S/C15H15N3O3/c19-14(20)13-6-3-7-18(13)15(21)17-11-8-10-4-1-2-5-12(10)16-9-11/h1-2,4-5,8-9,13H,3,6-7H2,(H,17,21)(H,19,20). The second-order valence-corrected chi connectivity index (χ2v) is 5.04. The van der Waals surface area contributed by atoms with E-state index >= 15 is 0 Å². The molecule has 1 fully saturated rings. The van der Waals surface area contributed by atoms with Crippen molar-refractivity contribution in [3.63, 3.8) is 0 Å². The van der Waals surface area contributed by atoms with E-state index in [0.29, 0.717) is 25.1 Å². The van der Waals surface area contributed by atoms with Crippen molar-refractivity contribution in [2.75, 3.05) is 11.9 Å². The van der Waals surface area contributed by atoms with Crippen LogP contribution in [0.4, 0.5) is 10.5 Å². The molecule has 1 aliphatic rings. The van der Waals surface area contributed by atoms with Gasteiger partial charge in [-0.3, -0.25) is 4.98 Å². The summed E-state index contributed by atoms with van der Waals surface area (Å²) in [5.41, 5.74) is 1.41. The minimum atomic E-state index is -0.959. The molecule has 0 saturated carbocycles. The fraction of sp³-hybridized carbons (Fsp3) is 0.267. The monoisotopic (exact) mass is 285 g/mol. The van der Waals surface area contributed by atoms with Crippen LogP contribution in [-0.4, -0.2) is 39.6 Å². The van der Waals surface area contributed by atoms with Crippen molar-refractivity contribution in [2.24, 2.45) is 0 Å². The van der Waals surface area contributed by atoms with Crippen LogP contribution < -0.4 is 5.32 Å². The number of carbonyl (C=O) groups excluding carboxylic acids is 1. The van der Waals surface area contributed by atoms with Gasteiger partial charge in [-0.05, 0) is 25.0 Å². The van der Waals surface area contributed by atoms with E-state index in [9.17, 15) is 9.59 Å². The van der Waals surface area contributed by atoms with Gasteiger partial charge in [-0.15, -0.1) is 0 Å². The molecule has 3 rings (SSSR count). The highest BCUT2D eigenvalue weighted by Gasteiger charge is 2.33. The smallest absolute Gasteiger partial charge is 0.326 e. The highest BCUT2D eigenvalue weighted by atomic mass is 16.4. The first kappa shape index (κ1) is 13.4. The SMILES string of the molecule is O=C(O)C1CCCN1C(=O)Nc1cnc2ccccc2c1. The number of rotatable bonds is 2. The minimum absolute atomic E-state index is 0.392. The molecule has 2 heterocycles. The summed E-state index contributed by atoms with van der Waals surface area (Å²) >= 11 is 0. The second kappa shape index (κ2) is 5.40. The van der Waals surface area contributed by atoms with Crippen molar-refractivity contribution in [3.05, 3.63) is 36.5 Å². The molecule has 1 aromatic carbocycles. The Morgan fingerprint density at radius 3 is 2.95 bits per heavy atom. The van der Waals surface area contributed by atoms with Gasteiger partial charge in [0.25, 0.3) is 0 Å². The normalized spacial score (nSPS) is 17.9. The number of carboxylic acid groups (broad SMARTS) is 1. The molecule has 6 nitrogen and oxygen atoms in total. The number of para-hydroxylation sites is 1. The van der Waals surface area contributed by atoms with Crippen LogP contribution in [0.5, 0.6) is 0 Å². The molecule has 108 valence electrons. The third kappa shape index (κ3) is 2.65. The molecule has 2 amide bonds. The molecule has 1 aromatic heterocycles. The van der Waals surface area contributed by atoms with Crippen molar-refractivity contribution in [3.8, 4) is 0 Å². The molecule has 0 aliphatic carbocycles. The number of fused-ring (bicyclic) bond motifs is 1. The van der Waals surface area contributed by atoms with Gasteiger partial charge in [-0.25, -0.2) is 9.59 Å². The van der Waals surface area contributed by atoms with Crippen LogP contribution in [0.3, 0.4) is 0 Å². The summed E-state index contributed by atoms with van der Waals surface area (Å²) in [7, 11) is 0. The first-order valence-corrected chi connectivity index (χ1v) is 6.80. The van der Waals surface area contributed by atoms with Gasteiger partial charge in [0.2, 0.25) is 0 Å². The number of aliphatic carboxylic acids is 1. The molecule has 0 radical (unpaired) electrons. The number of carboxylic acids is 1. The Morgan fingerprint density at radius 1 is 1.33 bits per heavy atom. The van der Waals surface area contributed by atoms with E-state index in [4.69, 9.17) is 5.11 Å². The number of nitrogens with zero attached hydrogens (tertiary/aromatic N) is 2. The van der Waals surface area contributed by atoms with Crippen molar-refractivity contribution in [1.29, 1.82) is 0 Å². The van der Waals surface area contributed by atoms with E-state index in [2.05, 4.69) is 10.3 Å². The maximum atomic E-state index is 12.2. The summed E-state index contributed by atoms with van der Waals surface area (Å²) < 4.78 is 0. The molecule has 2 N–H and O–H groups in total.